The van der Waals surface area contributed by atoms with Gasteiger partial charge in [0.05, 0.1) is 36.0 Å². The molecule has 0 unspecified atom stereocenters. The Bertz CT molecular complexity index is 631. The molecule has 0 fully saturated rings. The van der Waals surface area contributed by atoms with Crippen molar-refractivity contribution in [2.45, 2.75) is 26.5 Å². The summed E-state index contributed by atoms with van der Waals surface area (Å²) in [7, 11) is -3.35. The number of para-hydroxylation sites is 2. The van der Waals surface area contributed by atoms with Gasteiger partial charge >= 0.3 is 0 Å². The highest BCUT2D eigenvalue weighted by Gasteiger charge is 2.11. The lowest BCUT2D eigenvalue weighted by Crippen LogP contribution is -2.29. The van der Waals surface area contributed by atoms with E-state index in [0.717, 1.165) is 11.0 Å². The zero-order chi connectivity index (χ0) is 14.6. The minimum atomic E-state index is -3.35. The highest BCUT2D eigenvalue weighted by atomic mass is 32.2. The number of benzene rings is 1. The highest BCUT2D eigenvalue weighted by molar-refractivity contribution is 7.89. The molecule has 0 bridgehead atoms. The largest absolute Gasteiger partial charge is 0.378 e. The van der Waals surface area contributed by atoms with Crippen LogP contribution >= 0.6 is 0 Å². The molecule has 0 aliphatic carbocycles. The molecule has 0 spiro atoms. The Kier molecular flexibility index (Phi) is 4.74. The summed E-state index contributed by atoms with van der Waals surface area (Å²) in [5, 5.41) is 0. The molecular weight excluding hydrogens is 278 g/mol. The average Bonchev–Trinajstić information content (AvgIpc) is 2.78. The molecule has 1 aromatic heterocycles. The molecule has 0 radical (unpaired) electrons. The molecule has 0 saturated carbocycles. The fraction of sp³-hybridized carbons (Fsp3) is 0.462. The van der Waals surface area contributed by atoms with Crippen LogP contribution in [0, 0.1) is 0 Å². The standard InChI is InChI=1S/C13H19N3O3S/c1-10(2)19-7-8-20(17,18)14-9-13-15-11-5-3-4-6-12(11)16-13/h3-6,10,14H,7-9H2,1-2H3,(H,15,16). The van der Waals surface area contributed by atoms with Crippen LogP contribution in [0.2, 0.25) is 0 Å². The fourth-order valence-corrected chi connectivity index (χ4v) is 2.55. The van der Waals surface area contributed by atoms with E-state index in [0.29, 0.717) is 5.82 Å². The molecule has 1 heterocycles. The molecule has 110 valence electrons. The molecule has 0 aliphatic heterocycles. The van der Waals surface area contributed by atoms with Crippen molar-refractivity contribution in [3.63, 3.8) is 0 Å². The number of hydrogen-bond donors (Lipinski definition) is 2. The van der Waals surface area contributed by atoms with Crippen molar-refractivity contribution in [2.24, 2.45) is 0 Å². The molecule has 7 heteroatoms. The van der Waals surface area contributed by atoms with E-state index in [2.05, 4.69) is 14.7 Å². The van der Waals surface area contributed by atoms with E-state index in [4.69, 9.17) is 4.74 Å². The van der Waals surface area contributed by atoms with Gasteiger partial charge in [-0.15, -0.1) is 0 Å². The van der Waals surface area contributed by atoms with Gasteiger partial charge in [-0.1, -0.05) is 12.1 Å². The number of rotatable bonds is 7. The van der Waals surface area contributed by atoms with E-state index in [1.54, 1.807) is 0 Å². The normalized spacial score (nSPS) is 12.3. The predicted octanol–water partition coefficient (Wildman–Crippen LogP) is 1.41. The Hall–Kier alpha value is -1.44. The fourth-order valence-electron chi connectivity index (χ4n) is 1.73. The second kappa shape index (κ2) is 6.34. The molecule has 20 heavy (non-hydrogen) atoms. The number of H-pyrrole nitrogens is 1. The lowest BCUT2D eigenvalue weighted by Gasteiger charge is -2.08. The second-order valence-corrected chi connectivity index (χ2v) is 6.69. The summed E-state index contributed by atoms with van der Waals surface area (Å²) in [6.07, 6.45) is 0.0283. The van der Waals surface area contributed by atoms with Crippen molar-refractivity contribution in [1.82, 2.24) is 14.7 Å². The van der Waals surface area contributed by atoms with Gasteiger partial charge in [0, 0.05) is 0 Å². The highest BCUT2D eigenvalue weighted by Crippen LogP contribution is 2.10. The summed E-state index contributed by atoms with van der Waals surface area (Å²) >= 11 is 0. The first-order valence-electron chi connectivity index (χ1n) is 6.49. The number of nitrogens with zero attached hydrogens (tertiary/aromatic N) is 1. The van der Waals surface area contributed by atoms with E-state index in [1.807, 2.05) is 38.1 Å². The van der Waals surface area contributed by atoms with Gasteiger partial charge in [0.25, 0.3) is 0 Å². The molecule has 0 saturated heterocycles. The van der Waals surface area contributed by atoms with Crippen molar-refractivity contribution >= 4 is 21.1 Å². The summed E-state index contributed by atoms with van der Waals surface area (Å²) in [4.78, 5) is 7.38. The van der Waals surface area contributed by atoms with Crippen LogP contribution in [0.5, 0.6) is 0 Å². The van der Waals surface area contributed by atoms with Gasteiger partial charge in [-0.25, -0.2) is 18.1 Å². The third-order valence-corrected chi connectivity index (χ3v) is 3.99. The summed E-state index contributed by atoms with van der Waals surface area (Å²) in [6, 6.07) is 7.56. The minimum absolute atomic E-state index is 0.0283. The van der Waals surface area contributed by atoms with Crippen LogP contribution in [0.1, 0.15) is 19.7 Å². The van der Waals surface area contributed by atoms with Crippen molar-refractivity contribution in [2.75, 3.05) is 12.4 Å². The Balaban J connectivity index is 1.90. The van der Waals surface area contributed by atoms with Crippen LogP contribution in [-0.2, 0) is 21.3 Å². The molecule has 2 aromatic rings. The third-order valence-electron chi connectivity index (χ3n) is 2.70. The molecule has 0 amide bonds. The summed E-state index contributed by atoms with van der Waals surface area (Å²) < 4.78 is 31.3. The molecule has 0 aliphatic rings. The zero-order valence-electron chi connectivity index (χ0n) is 11.6. The number of imidazole rings is 1. The predicted molar refractivity (Wildman–Crippen MR) is 77.8 cm³/mol. The Morgan fingerprint density at radius 2 is 2.10 bits per heavy atom. The summed E-state index contributed by atoms with van der Waals surface area (Å²) in [5.74, 6) is 0.547. The molecule has 2 N–H and O–H groups in total. The number of nitrogens with one attached hydrogen (secondary N) is 2. The number of ether oxygens (including phenoxy) is 1. The zero-order valence-corrected chi connectivity index (χ0v) is 12.4. The van der Waals surface area contributed by atoms with Crippen LogP contribution < -0.4 is 4.72 Å². The number of aromatic amines is 1. The summed E-state index contributed by atoms with van der Waals surface area (Å²) in [6.45, 7) is 4.08. The van der Waals surface area contributed by atoms with Gasteiger partial charge in [-0.2, -0.15) is 0 Å². The van der Waals surface area contributed by atoms with Gasteiger partial charge in [0.2, 0.25) is 10.0 Å². The first-order valence-corrected chi connectivity index (χ1v) is 8.14. The molecule has 1 aromatic carbocycles. The van der Waals surface area contributed by atoms with Crippen LogP contribution in [0.4, 0.5) is 0 Å². The van der Waals surface area contributed by atoms with Crippen molar-refractivity contribution in [3.8, 4) is 0 Å². The Morgan fingerprint density at radius 1 is 1.35 bits per heavy atom. The monoisotopic (exact) mass is 297 g/mol. The molecule has 6 nitrogen and oxygen atoms in total. The first-order chi connectivity index (χ1) is 9.46. The number of hydrogen-bond acceptors (Lipinski definition) is 4. The quantitative estimate of drug-likeness (QED) is 0.809. The van der Waals surface area contributed by atoms with E-state index in [1.165, 1.54) is 0 Å². The van der Waals surface area contributed by atoms with Crippen LogP contribution in [0.3, 0.4) is 0 Å². The summed E-state index contributed by atoms with van der Waals surface area (Å²) in [5.41, 5.74) is 1.72. The number of fused-ring (bicyclic) bond motifs is 1. The average molecular weight is 297 g/mol. The number of sulfonamides is 1. The molecular formula is C13H19N3O3S. The van der Waals surface area contributed by atoms with Gasteiger partial charge < -0.3 is 9.72 Å². The van der Waals surface area contributed by atoms with E-state index in [-0.39, 0.29) is 25.0 Å². The third kappa shape index (κ3) is 4.29. The van der Waals surface area contributed by atoms with E-state index < -0.39 is 10.0 Å². The minimum Gasteiger partial charge on any atom is -0.378 e. The Labute approximate surface area is 118 Å². The lowest BCUT2D eigenvalue weighted by atomic mass is 10.3. The van der Waals surface area contributed by atoms with Crippen LogP contribution in [0.25, 0.3) is 11.0 Å². The SMILES string of the molecule is CC(C)OCCS(=O)(=O)NCc1nc2ccccc2[nH]1. The van der Waals surface area contributed by atoms with Crippen molar-refractivity contribution < 1.29 is 13.2 Å². The van der Waals surface area contributed by atoms with E-state index >= 15 is 0 Å². The van der Waals surface area contributed by atoms with Gasteiger partial charge in [-0.3, -0.25) is 0 Å². The van der Waals surface area contributed by atoms with Gasteiger partial charge in [0.15, 0.2) is 0 Å². The van der Waals surface area contributed by atoms with Crippen molar-refractivity contribution in [1.29, 1.82) is 0 Å². The molecule has 2 rings (SSSR count). The van der Waals surface area contributed by atoms with Crippen molar-refractivity contribution in [3.05, 3.63) is 30.1 Å². The van der Waals surface area contributed by atoms with Gasteiger partial charge in [0.1, 0.15) is 5.82 Å². The smallest absolute Gasteiger partial charge is 0.214 e. The second-order valence-electron chi connectivity index (χ2n) is 4.76. The van der Waals surface area contributed by atoms with Crippen LogP contribution in [-0.4, -0.2) is 36.8 Å². The lowest BCUT2D eigenvalue weighted by molar-refractivity contribution is 0.0911. The van der Waals surface area contributed by atoms with E-state index in [9.17, 15) is 8.42 Å². The van der Waals surface area contributed by atoms with Gasteiger partial charge in [-0.05, 0) is 26.0 Å². The maximum Gasteiger partial charge on any atom is 0.214 e. The maximum atomic E-state index is 11.8. The van der Waals surface area contributed by atoms with Crippen LogP contribution in [0.15, 0.2) is 24.3 Å². The molecule has 0 atom stereocenters. The maximum absolute atomic E-state index is 11.8. The number of aromatic nitrogens is 2. The topological polar surface area (TPSA) is 84.1 Å². The Morgan fingerprint density at radius 3 is 2.80 bits per heavy atom. The first kappa shape index (κ1) is 15.0.